The Morgan fingerprint density at radius 3 is 2.13 bits per heavy atom. The van der Waals surface area contributed by atoms with E-state index in [0.717, 1.165) is 5.56 Å². The van der Waals surface area contributed by atoms with Crippen LogP contribution in [-0.4, -0.2) is 34.9 Å². The van der Waals surface area contributed by atoms with Gasteiger partial charge in [-0.25, -0.2) is 0 Å². The number of hydrogen-bond acceptors (Lipinski definition) is 3. The lowest BCUT2D eigenvalue weighted by Crippen LogP contribution is -2.54. The van der Waals surface area contributed by atoms with Gasteiger partial charge in [0.1, 0.15) is 11.8 Å². The quantitative estimate of drug-likeness (QED) is 0.622. The monoisotopic (exact) mass is 424 g/mol. The van der Waals surface area contributed by atoms with E-state index in [1.807, 2.05) is 82.3 Å². The van der Waals surface area contributed by atoms with Crippen molar-refractivity contribution in [3.05, 3.63) is 65.7 Å². The number of hydrogen-bond donors (Lipinski definition) is 1. The van der Waals surface area contributed by atoms with Gasteiger partial charge in [0.25, 0.3) is 5.91 Å². The largest absolute Gasteiger partial charge is 0.484 e. The van der Waals surface area contributed by atoms with E-state index in [4.69, 9.17) is 4.74 Å². The van der Waals surface area contributed by atoms with Crippen LogP contribution in [0.2, 0.25) is 0 Å². The van der Waals surface area contributed by atoms with E-state index < -0.39 is 6.04 Å². The summed E-state index contributed by atoms with van der Waals surface area (Å²) in [7, 11) is 0. The van der Waals surface area contributed by atoms with Crippen LogP contribution in [0.3, 0.4) is 0 Å². The minimum atomic E-state index is -0.571. The highest BCUT2D eigenvalue weighted by Gasteiger charge is 2.30. The number of nitrogens with one attached hydrogen (secondary N) is 1. The Morgan fingerprint density at radius 1 is 1.00 bits per heavy atom. The minimum Gasteiger partial charge on any atom is -0.484 e. The zero-order valence-electron chi connectivity index (χ0n) is 19.6. The van der Waals surface area contributed by atoms with Crippen molar-refractivity contribution < 1.29 is 14.3 Å². The van der Waals surface area contributed by atoms with Crippen LogP contribution in [0.15, 0.2) is 54.6 Å². The van der Waals surface area contributed by atoms with Crippen LogP contribution in [0.1, 0.15) is 65.0 Å². The third kappa shape index (κ3) is 7.74. The molecule has 0 saturated carbocycles. The van der Waals surface area contributed by atoms with E-state index >= 15 is 0 Å². The first-order valence-corrected chi connectivity index (χ1v) is 11.0. The molecule has 2 rings (SSSR count). The van der Waals surface area contributed by atoms with Gasteiger partial charge in [-0.3, -0.25) is 9.59 Å². The van der Waals surface area contributed by atoms with Crippen LogP contribution in [0.5, 0.6) is 5.75 Å². The molecule has 5 nitrogen and oxygen atoms in total. The molecule has 0 fully saturated rings. The summed E-state index contributed by atoms with van der Waals surface area (Å²) in [6, 6.07) is 16.9. The SMILES string of the molecule is CCC(C(=O)NC(C)(C)C)N(Cc1ccccc1)C(=O)COc1ccc(C(C)C)cc1. The lowest BCUT2D eigenvalue weighted by molar-refractivity contribution is -0.143. The first-order chi connectivity index (χ1) is 14.6. The molecule has 0 heterocycles. The van der Waals surface area contributed by atoms with Gasteiger partial charge in [0.05, 0.1) is 0 Å². The van der Waals surface area contributed by atoms with Crippen molar-refractivity contribution in [2.45, 2.75) is 72.0 Å². The Kier molecular flexibility index (Phi) is 8.66. The molecule has 1 unspecified atom stereocenters. The lowest BCUT2D eigenvalue weighted by Gasteiger charge is -2.33. The number of benzene rings is 2. The topological polar surface area (TPSA) is 58.6 Å². The zero-order chi connectivity index (χ0) is 23.0. The van der Waals surface area contributed by atoms with Gasteiger partial charge < -0.3 is 15.0 Å². The van der Waals surface area contributed by atoms with E-state index in [1.54, 1.807) is 4.90 Å². The summed E-state index contributed by atoms with van der Waals surface area (Å²) >= 11 is 0. The number of ether oxygens (including phenoxy) is 1. The summed E-state index contributed by atoms with van der Waals surface area (Å²) in [5, 5.41) is 3.01. The van der Waals surface area contributed by atoms with Gasteiger partial charge in [-0.15, -0.1) is 0 Å². The highest BCUT2D eigenvalue weighted by Crippen LogP contribution is 2.19. The van der Waals surface area contributed by atoms with Crippen molar-refractivity contribution in [3.8, 4) is 5.75 Å². The van der Waals surface area contributed by atoms with Crippen molar-refractivity contribution in [1.29, 1.82) is 0 Å². The Balaban J connectivity index is 2.17. The van der Waals surface area contributed by atoms with Crippen molar-refractivity contribution >= 4 is 11.8 Å². The Bertz CT molecular complexity index is 839. The highest BCUT2D eigenvalue weighted by atomic mass is 16.5. The van der Waals surface area contributed by atoms with Crippen molar-refractivity contribution in [1.82, 2.24) is 10.2 Å². The molecule has 2 amide bonds. The standard InChI is InChI=1S/C26H36N2O3/c1-7-23(25(30)27-26(4,5)6)28(17-20-11-9-8-10-12-20)24(29)18-31-22-15-13-21(14-16-22)19(2)3/h8-16,19,23H,7,17-18H2,1-6H3,(H,27,30). The Labute approximate surface area is 186 Å². The van der Waals surface area contributed by atoms with Crippen molar-refractivity contribution in [2.24, 2.45) is 0 Å². The maximum absolute atomic E-state index is 13.2. The number of carbonyl (C=O) groups is 2. The first kappa shape index (κ1) is 24.4. The predicted octanol–water partition coefficient (Wildman–Crippen LogP) is 4.91. The second-order valence-corrected chi connectivity index (χ2v) is 9.18. The fourth-order valence-corrected chi connectivity index (χ4v) is 3.33. The number of carbonyl (C=O) groups excluding carboxylic acids is 2. The summed E-state index contributed by atoms with van der Waals surface area (Å²) in [5.41, 5.74) is 1.81. The molecule has 0 aromatic heterocycles. The molecule has 0 spiro atoms. The van der Waals surface area contributed by atoms with Crippen molar-refractivity contribution in [2.75, 3.05) is 6.61 Å². The van der Waals surface area contributed by atoms with Gasteiger partial charge in [-0.2, -0.15) is 0 Å². The van der Waals surface area contributed by atoms with Crippen LogP contribution in [0.4, 0.5) is 0 Å². The number of rotatable bonds is 9. The molecule has 31 heavy (non-hydrogen) atoms. The van der Waals surface area contributed by atoms with E-state index in [2.05, 4.69) is 19.2 Å². The fraction of sp³-hybridized carbons (Fsp3) is 0.462. The minimum absolute atomic E-state index is 0.118. The molecule has 0 aliphatic heterocycles. The molecule has 1 atom stereocenters. The number of nitrogens with zero attached hydrogens (tertiary/aromatic N) is 1. The van der Waals surface area contributed by atoms with E-state index in [1.165, 1.54) is 5.56 Å². The van der Waals surface area contributed by atoms with Crippen LogP contribution >= 0.6 is 0 Å². The van der Waals surface area contributed by atoms with Crippen LogP contribution in [0, 0.1) is 0 Å². The third-order valence-corrected chi connectivity index (χ3v) is 4.99. The zero-order valence-corrected chi connectivity index (χ0v) is 19.6. The Hall–Kier alpha value is -2.82. The van der Waals surface area contributed by atoms with Gasteiger partial charge in [0.15, 0.2) is 6.61 Å². The molecular weight excluding hydrogens is 388 g/mol. The Morgan fingerprint density at radius 2 is 1.61 bits per heavy atom. The molecule has 0 aliphatic rings. The summed E-state index contributed by atoms with van der Waals surface area (Å²) in [5.74, 6) is 0.710. The van der Waals surface area contributed by atoms with Gasteiger partial charge in [0.2, 0.25) is 5.91 Å². The maximum atomic E-state index is 13.2. The molecular formula is C26H36N2O3. The molecule has 0 aliphatic carbocycles. The van der Waals surface area contributed by atoms with Gasteiger partial charge in [0, 0.05) is 12.1 Å². The van der Waals surface area contributed by atoms with Crippen LogP contribution in [0.25, 0.3) is 0 Å². The summed E-state index contributed by atoms with van der Waals surface area (Å²) in [4.78, 5) is 27.8. The van der Waals surface area contributed by atoms with E-state index in [0.29, 0.717) is 24.6 Å². The van der Waals surface area contributed by atoms with Gasteiger partial charge >= 0.3 is 0 Å². The molecule has 168 valence electrons. The summed E-state index contributed by atoms with van der Waals surface area (Å²) in [6.45, 7) is 12.2. The van der Waals surface area contributed by atoms with Crippen LogP contribution < -0.4 is 10.1 Å². The first-order valence-electron chi connectivity index (χ1n) is 11.0. The van der Waals surface area contributed by atoms with Crippen molar-refractivity contribution in [3.63, 3.8) is 0 Å². The maximum Gasteiger partial charge on any atom is 0.261 e. The second kappa shape index (κ2) is 11.0. The molecule has 5 heteroatoms. The van der Waals surface area contributed by atoms with Gasteiger partial charge in [-0.05, 0) is 56.4 Å². The molecule has 0 bridgehead atoms. The average Bonchev–Trinajstić information content (AvgIpc) is 2.71. The average molecular weight is 425 g/mol. The van der Waals surface area contributed by atoms with Crippen LogP contribution in [-0.2, 0) is 16.1 Å². The summed E-state index contributed by atoms with van der Waals surface area (Å²) in [6.07, 6.45) is 0.517. The fourth-order valence-electron chi connectivity index (χ4n) is 3.33. The molecule has 0 radical (unpaired) electrons. The third-order valence-electron chi connectivity index (χ3n) is 4.99. The smallest absolute Gasteiger partial charge is 0.261 e. The van der Waals surface area contributed by atoms with E-state index in [-0.39, 0.29) is 24.0 Å². The molecule has 0 saturated heterocycles. The number of amides is 2. The second-order valence-electron chi connectivity index (χ2n) is 9.18. The highest BCUT2D eigenvalue weighted by molar-refractivity contribution is 5.88. The molecule has 1 N–H and O–H groups in total. The van der Waals surface area contributed by atoms with E-state index in [9.17, 15) is 9.59 Å². The molecule has 2 aromatic rings. The molecule has 2 aromatic carbocycles. The predicted molar refractivity (Wildman–Crippen MR) is 125 cm³/mol. The summed E-state index contributed by atoms with van der Waals surface area (Å²) < 4.78 is 5.77. The normalized spacial score (nSPS) is 12.4. The lowest BCUT2D eigenvalue weighted by atomic mass is 10.0. The van der Waals surface area contributed by atoms with Gasteiger partial charge in [-0.1, -0.05) is 63.2 Å².